The lowest BCUT2D eigenvalue weighted by atomic mass is 9.73. The fourth-order valence-corrected chi connectivity index (χ4v) is 3.82. The molecule has 98 valence electrons. The maximum atomic E-state index is 6.34. The van der Waals surface area contributed by atoms with Crippen molar-refractivity contribution in [1.29, 1.82) is 0 Å². The maximum Gasteiger partial charge on any atom is 0.123 e. The molecule has 1 saturated carbocycles. The predicted molar refractivity (Wildman–Crippen MR) is 74.3 cm³/mol. The molecular formula is C15H20ClNO. The van der Waals surface area contributed by atoms with E-state index >= 15 is 0 Å². The molecule has 3 rings (SSSR count). The standard InChI is InChI=1S/C15H20ClNO/c16-11-4-5-14-12(10-11)13(6-9-17)15(18-14)7-2-1-3-8-15/h4-5,10,13H,1-3,6-9,17H2. The van der Waals surface area contributed by atoms with Crippen LogP contribution in [0.2, 0.25) is 5.02 Å². The number of hydrogen-bond acceptors (Lipinski definition) is 2. The van der Waals surface area contributed by atoms with Crippen molar-refractivity contribution >= 4 is 11.6 Å². The van der Waals surface area contributed by atoms with Crippen molar-refractivity contribution in [3.05, 3.63) is 28.8 Å². The topological polar surface area (TPSA) is 35.2 Å². The molecular weight excluding hydrogens is 246 g/mol. The van der Waals surface area contributed by atoms with E-state index in [-0.39, 0.29) is 5.60 Å². The molecule has 1 aliphatic heterocycles. The van der Waals surface area contributed by atoms with Gasteiger partial charge in [-0.2, -0.15) is 0 Å². The molecule has 1 atom stereocenters. The first-order chi connectivity index (χ1) is 8.75. The third-order valence-electron chi connectivity index (χ3n) is 4.45. The van der Waals surface area contributed by atoms with Crippen LogP contribution in [0.3, 0.4) is 0 Å². The molecule has 2 nitrogen and oxygen atoms in total. The minimum absolute atomic E-state index is 0.00460. The van der Waals surface area contributed by atoms with Gasteiger partial charge in [0, 0.05) is 16.5 Å². The average Bonchev–Trinajstić information content (AvgIpc) is 2.65. The number of nitrogens with two attached hydrogens (primary N) is 1. The second-order valence-electron chi connectivity index (χ2n) is 5.54. The first-order valence-electron chi connectivity index (χ1n) is 6.94. The average molecular weight is 266 g/mol. The number of rotatable bonds is 2. The van der Waals surface area contributed by atoms with E-state index in [4.69, 9.17) is 22.1 Å². The monoisotopic (exact) mass is 265 g/mol. The van der Waals surface area contributed by atoms with Gasteiger partial charge in [0.05, 0.1) is 0 Å². The molecule has 2 aliphatic rings. The van der Waals surface area contributed by atoms with Gasteiger partial charge in [-0.05, 0) is 56.8 Å². The zero-order valence-corrected chi connectivity index (χ0v) is 11.4. The molecule has 0 bridgehead atoms. The molecule has 2 N–H and O–H groups in total. The van der Waals surface area contributed by atoms with Gasteiger partial charge in [-0.1, -0.05) is 18.0 Å². The number of hydrogen-bond donors (Lipinski definition) is 1. The summed E-state index contributed by atoms with van der Waals surface area (Å²) in [5.41, 5.74) is 7.08. The molecule has 1 spiro atoms. The zero-order valence-electron chi connectivity index (χ0n) is 10.6. The van der Waals surface area contributed by atoms with E-state index < -0.39 is 0 Å². The fourth-order valence-electron chi connectivity index (χ4n) is 3.64. The largest absolute Gasteiger partial charge is 0.486 e. The van der Waals surface area contributed by atoms with Crippen LogP contribution >= 0.6 is 11.6 Å². The minimum Gasteiger partial charge on any atom is -0.486 e. The van der Waals surface area contributed by atoms with E-state index in [0.29, 0.717) is 12.5 Å². The van der Waals surface area contributed by atoms with Crippen molar-refractivity contribution in [2.75, 3.05) is 6.54 Å². The molecule has 1 aromatic rings. The van der Waals surface area contributed by atoms with E-state index in [0.717, 1.165) is 30.0 Å². The zero-order chi connectivity index (χ0) is 12.6. The van der Waals surface area contributed by atoms with Crippen LogP contribution in [0.15, 0.2) is 18.2 Å². The Bertz CT molecular complexity index is 440. The van der Waals surface area contributed by atoms with Gasteiger partial charge < -0.3 is 10.5 Å². The summed E-state index contributed by atoms with van der Waals surface area (Å²) in [6.07, 6.45) is 7.17. The Morgan fingerprint density at radius 3 is 2.78 bits per heavy atom. The highest BCUT2D eigenvalue weighted by Crippen LogP contribution is 2.53. The van der Waals surface area contributed by atoms with Crippen LogP contribution in [0, 0.1) is 0 Å². The van der Waals surface area contributed by atoms with Gasteiger partial charge in [0.25, 0.3) is 0 Å². The Morgan fingerprint density at radius 2 is 2.06 bits per heavy atom. The summed E-state index contributed by atoms with van der Waals surface area (Å²) in [6.45, 7) is 0.710. The van der Waals surface area contributed by atoms with Crippen molar-refractivity contribution in [3.8, 4) is 5.75 Å². The van der Waals surface area contributed by atoms with E-state index in [2.05, 4.69) is 6.07 Å². The molecule has 18 heavy (non-hydrogen) atoms. The molecule has 0 amide bonds. The highest BCUT2D eigenvalue weighted by Gasteiger charge is 2.48. The van der Waals surface area contributed by atoms with Gasteiger partial charge in [-0.3, -0.25) is 0 Å². The number of benzene rings is 1. The van der Waals surface area contributed by atoms with Crippen LogP contribution in [0.1, 0.15) is 50.0 Å². The van der Waals surface area contributed by atoms with Crippen LogP contribution in [-0.2, 0) is 0 Å². The number of halogens is 1. The van der Waals surface area contributed by atoms with E-state index in [1.54, 1.807) is 0 Å². The summed E-state index contributed by atoms with van der Waals surface area (Å²) >= 11 is 6.13. The van der Waals surface area contributed by atoms with Crippen LogP contribution in [0.25, 0.3) is 0 Å². The Labute approximate surface area is 113 Å². The summed E-state index contributed by atoms with van der Waals surface area (Å²) in [4.78, 5) is 0. The minimum atomic E-state index is 0.00460. The second kappa shape index (κ2) is 4.75. The van der Waals surface area contributed by atoms with Crippen molar-refractivity contribution in [3.63, 3.8) is 0 Å². The lowest BCUT2D eigenvalue weighted by molar-refractivity contribution is 0.0269. The summed E-state index contributed by atoms with van der Waals surface area (Å²) in [5.74, 6) is 1.45. The molecule has 1 unspecified atom stereocenters. The quantitative estimate of drug-likeness (QED) is 0.881. The van der Waals surface area contributed by atoms with Gasteiger partial charge in [-0.15, -0.1) is 0 Å². The highest BCUT2D eigenvalue weighted by molar-refractivity contribution is 6.30. The van der Waals surface area contributed by atoms with Gasteiger partial charge in [-0.25, -0.2) is 0 Å². The molecule has 1 fully saturated rings. The van der Waals surface area contributed by atoms with E-state index in [9.17, 15) is 0 Å². The van der Waals surface area contributed by atoms with Crippen molar-refractivity contribution in [1.82, 2.24) is 0 Å². The van der Waals surface area contributed by atoms with E-state index in [1.165, 1.54) is 24.8 Å². The molecule has 3 heteroatoms. The SMILES string of the molecule is NCCC1c2cc(Cl)ccc2OC12CCCCC2. The molecule has 0 aromatic heterocycles. The molecule has 1 aliphatic carbocycles. The normalized spacial score (nSPS) is 24.9. The maximum absolute atomic E-state index is 6.34. The van der Waals surface area contributed by atoms with Crippen molar-refractivity contribution in [2.24, 2.45) is 5.73 Å². The lowest BCUT2D eigenvalue weighted by Crippen LogP contribution is -2.40. The smallest absolute Gasteiger partial charge is 0.123 e. The molecule has 1 aromatic carbocycles. The van der Waals surface area contributed by atoms with Crippen LogP contribution in [0.4, 0.5) is 0 Å². The molecule has 0 saturated heterocycles. The summed E-state index contributed by atoms with van der Waals surface area (Å²) in [6, 6.07) is 6.01. The summed E-state index contributed by atoms with van der Waals surface area (Å²) in [7, 11) is 0. The van der Waals surface area contributed by atoms with Crippen LogP contribution in [-0.4, -0.2) is 12.1 Å². The fraction of sp³-hybridized carbons (Fsp3) is 0.600. The van der Waals surface area contributed by atoms with Gasteiger partial charge in [0.2, 0.25) is 0 Å². The first kappa shape index (κ1) is 12.3. The summed E-state index contributed by atoms with van der Waals surface area (Å²) < 4.78 is 6.34. The lowest BCUT2D eigenvalue weighted by Gasteiger charge is -2.38. The first-order valence-corrected chi connectivity index (χ1v) is 7.31. The van der Waals surface area contributed by atoms with Gasteiger partial charge in [0.15, 0.2) is 0 Å². The van der Waals surface area contributed by atoms with Gasteiger partial charge in [0.1, 0.15) is 11.4 Å². The number of ether oxygens (including phenoxy) is 1. The van der Waals surface area contributed by atoms with Crippen LogP contribution < -0.4 is 10.5 Å². The molecule has 1 heterocycles. The molecule has 0 radical (unpaired) electrons. The van der Waals surface area contributed by atoms with Gasteiger partial charge >= 0.3 is 0 Å². The highest BCUT2D eigenvalue weighted by atomic mass is 35.5. The Hall–Kier alpha value is -0.730. The second-order valence-corrected chi connectivity index (χ2v) is 5.98. The van der Waals surface area contributed by atoms with Crippen LogP contribution in [0.5, 0.6) is 5.75 Å². The van der Waals surface area contributed by atoms with E-state index in [1.807, 2.05) is 12.1 Å². The number of fused-ring (bicyclic) bond motifs is 1. The third-order valence-corrected chi connectivity index (χ3v) is 4.69. The Morgan fingerprint density at radius 1 is 1.28 bits per heavy atom. The third kappa shape index (κ3) is 1.92. The van der Waals surface area contributed by atoms with Crippen molar-refractivity contribution < 1.29 is 4.74 Å². The van der Waals surface area contributed by atoms with Crippen molar-refractivity contribution in [2.45, 2.75) is 50.0 Å². The Balaban J connectivity index is 1.99. The Kier molecular flexibility index (Phi) is 3.25. The summed E-state index contributed by atoms with van der Waals surface area (Å²) in [5, 5.41) is 0.798. The predicted octanol–water partition coefficient (Wildman–Crippen LogP) is 3.87.